The van der Waals surface area contributed by atoms with Gasteiger partial charge in [0, 0.05) is 0 Å². The second kappa shape index (κ2) is 8.78. The van der Waals surface area contributed by atoms with Crippen molar-refractivity contribution in [2.45, 2.75) is 36.2 Å². The quantitative estimate of drug-likeness (QED) is 0.438. The number of rotatable bonds is 6. The van der Waals surface area contributed by atoms with E-state index in [0.29, 0.717) is 5.75 Å². The van der Waals surface area contributed by atoms with Crippen LogP contribution in [0.3, 0.4) is 0 Å². The fourth-order valence-corrected chi connectivity index (χ4v) is 5.13. The second-order valence-corrected chi connectivity index (χ2v) is 8.60. The summed E-state index contributed by atoms with van der Waals surface area (Å²) in [5.74, 6) is 5.19. The van der Waals surface area contributed by atoms with E-state index in [1.165, 1.54) is 19.2 Å². The van der Waals surface area contributed by atoms with Crippen molar-refractivity contribution < 1.29 is 27.7 Å². The van der Waals surface area contributed by atoms with Crippen LogP contribution in [-0.4, -0.2) is 62.8 Å². The number of hydrogen-bond donors (Lipinski definition) is 1. The maximum atomic E-state index is 13.3. The van der Waals surface area contributed by atoms with Gasteiger partial charge in [-0.1, -0.05) is 5.92 Å². The fraction of sp³-hybridized carbons (Fsp3) is 0.500. The highest BCUT2D eigenvalue weighted by atomic mass is 32.2. The Hall–Kier alpha value is -2.02. The average Bonchev–Trinajstić information content (AvgIpc) is 2.67. The molecule has 0 amide bonds. The number of carbonyl (C=O) groups is 1. The molecule has 1 aliphatic rings. The molecule has 1 aliphatic heterocycles. The van der Waals surface area contributed by atoms with E-state index in [4.69, 9.17) is 9.47 Å². The highest BCUT2D eigenvalue weighted by Crippen LogP contribution is 2.37. The maximum absolute atomic E-state index is 13.3. The molecule has 1 N–H and O–H groups in total. The maximum Gasteiger partial charge on any atom is 0.376 e. The van der Waals surface area contributed by atoms with Crippen LogP contribution < -0.4 is 4.74 Å². The van der Waals surface area contributed by atoms with Gasteiger partial charge in [-0.15, -0.1) is 5.92 Å². The number of piperidine rings is 1. The first-order valence-electron chi connectivity index (χ1n) is 8.66. The van der Waals surface area contributed by atoms with Crippen molar-refractivity contribution in [1.29, 1.82) is 0 Å². The number of hydrogen-bond acceptors (Lipinski definition) is 7. The SMILES string of the molecule is CC#CCOc1ccc(S(=O)(=O)C2(C(=O)OC)CCN(B(C)O)CC2)cc1. The summed E-state index contributed by atoms with van der Waals surface area (Å²) < 4.78 is 35.2. The molecule has 146 valence electrons. The first-order chi connectivity index (χ1) is 12.8. The summed E-state index contributed by atoms with van der Waals surface area (Å²) >= 11 is 0. The van der Waals surface area contributed by atoms with Crippen molar-refractivity contribution in [3.05, 3.63) is 24.3 Å². The topological polar surface area (TPSA) is 93.1 Å². The normalized spacial score (nSPS) is 16.7. The highest BCUT2D eigenvalue weighted by Gasteiger charge is 2.54. The number of benzene rings is 1. The third kappa shape index (κ3) is 4.29. The van der Waals surface area contributed by atoms with Gasteiger partial charge >= 0.3 is 13.0 Å². The summed E-state index contributed by atoms with van der Waals surface area (Å²) in [4.78, 5) is 14.3. The third-order valence-corrected chi connectivity index (χ3v) is 7.32. The van der Waals surface area contributed by atoms with Gasteiger partial charge in [-0.2, -0.15) is 0 Å². The van der Waals surface area contributed by atoms with Gasteiger partial charge in [0.2, 0.25) is 0 Å². The van der Waals surface area contributed by atoms with Gasteiger partial charge in [0.15, 0.2) is 14.6 Å². The van der Waals surface area contributed by atoms with E-state index >= 15 is 0 Å². The van der Waals surface area contributed by atoms with E-state index in [-0.39, 0.29) is 37.4 Å². The molecule has 0 bridgehead atoms. The van der Waals surface area contributed by atoms with Gasteiger partial charge < -0.3 is 19.3 Å². The minimum Gasteiger partial charge on any atom is -0.481 e. The van der Waals surface area contributed by atoms with Crippen LogP contribution in [0.4, 0.5) is 0 Å². The summed E-state index contributed by atoms with van der Waals surface area (Å²) in [7, 11) is -3.51. The van der Waals surface area contributed by atoms with Crippen LogP contribution in [0, 0.1) is 11.8 Å². The fourth-order valence-electron chi connectivity index (χ4n) is 3.16. The smallest absolute Gasteiger partial charge is 0.376 e. The van der Waals surface area contributed by atoms with Gasteiger partial charge in [-0.25, -0.2) is 8.42 Å². The van der Waals surface area contributed by atoms with Crippen LogP contribution in [-0.2, 0) is 19.4 Å². The summed E-state index contributed by atoms with van der Waals surface area (Å²) in [6.45, 7) is 4.09. The lowest BCUT2D eigenvalue weighted by Crippen LogP contribution is -2.57. The Morgan fingerprint density at radius 1 is 1.30 bits per heavy atom. The zero-order valence-corrected chi connectivity index (χ0v) is 16.6. The van der Waals surface area contributed by atoms with E-state index in [9.17, 15) is 18.2 Å². The minimum absolute atomic E-state index is 0.0346. The minimum atomic E-state index is -3.99. The van der Waals surface area contributed by atoms with Gasteiger partial charge in [0.1, 0.15) is 12.4 Å². The van der Waals surface area contributed by atoms with Gasteiger partial charge in [0.05, 0.1) is 12.0 Å². The molecule has 0 atom stereocenters. The zero-order chi connectivity index (χ0) is 20.1. The van der Waals surface area contributed by atoms with E-state index in [0.717, 1.165) is 0 Å². The molecule has 0 unspecified atom stereocenters. The Bertz CT molecular complexity index is 818. The van der Waals surface area contributed by atoms with Crippen LogP contribution in [0.25, 0.3) is 0 Å². The standard InChI is InChI=1S/C18H24BNO6S/c1-4-5-14-26-15-6-8-16(9-7-15)27(23,24)18(17(21)25-3)10-12-20(13-11-18)19(2)22/h6-9,22H,10-14H2,1-3H3. The van der Waals surface area contributed by atoms with Crippen LogP contribution in [0.1, 0.15) is 19.8 Å². The molecule has 0 spiro atoms. The van der Waals surface area contributed by atoms with Crippen LogP contribution in [0.15, 0.2) is 29.2 Å². The Morgan fingerprint density at radius 2 is 1.89 bits per heavy atom. The molecule has 1 fully saturated rings. The third-order valence-electron chi connectivity index (χ3n) is 4.83. The van der Waals surface area contributed by atoms with Crippen molar-refractivity contribution in [2.75, 3.05) is 26.8 Å². The Morgan fingerprint density at radius 3 is 2.37 bits per heavy atom. The predicted octanol–water partition coefficient (Wildman–Crippen LogP) is 0.980. The van der Waals surface area contributed by atoms with Crippen LogP contribution >= 0.6 is 0 Å². The Labute approximate surface area is 160 Å². The molecule has 1 heterocycles. The van der Waals surface area contributed by atoms with Gasteiger partial charge in [0.25, 0.3) is 0 Å². The molecule has 9 heteroatoms. The van der Waals surface area contributed by atoms with Gasteiger partial charge in [-0.05, 0) is 63.9 Å². The molecule has 2 rings (SSSR count). The molecule has 0 aliphatic carbocycles. The molecule has 1 saturated heterocycles. The summed E-state index contributed by atoms with van der Waals surface area (Å²) in [5.41, 5.74) is 0. The number of methoxy groups -OCH3 is 1. The van der Waals surface area contributed by atoms with E-state index < -0.39 is 27.6 Å². The van der Waals surface area contributed by atoms with E-state index in [1.807, 2.05) is 0 Å². The van der Waals surface area contributed by atoms with Gasteiger partial charge in [-0.3, -0.25) is 4.79 Å². The Kier molecular flexibility index (Phi) is 6.92. The molecular formula is C18H24BNO6S. The molecule has 0 saturated carbocycles. The molecule has 1 aromatic rings. The largest absolute Gasteiger partial charge is 0.481 e. The predicted molar refractivity (Wildman–Crippen MR) is 102 cm³/mol. The first-order valence-corrected chi connectivity index (χ1v) is 10.1. The second-order valence-electron chi connectivity index (χ2n) is 6.34. The van der Waals surface area contributed by atoms with Crippen LogP contribution in [0.5, 0.6) is 5.75 Å². The molecule has 1 aromatic carbocycles. The van der Waals surface area contributed by atoms with Crippen molar-refractivity contribution in [3.63, 3.8) is 0 Å². The van der Waals surface area contributed by atoms with E-state index in [1.54, 1.807) is 30.7 Å². The van der Waals surface area contributed by atoms with Crippen molar-refractivity contribution in [1.82, 2.24) is 4.81 Å². The van der Waals surface area contributed by atoms with Crippen molar-refractivity contribution in [3.8, 4) is 17.6 Å². The summed E-state index contributed by atoms with van der Waals surface area (Å²) in [6, 6.07) is 5.94. The highest BCUT2D eigenvalue weighted by molar-refractivity contribution is 7.93. The number of ether oxygens (including phenoxy) is 2. The van der Waals surface area contributed by atoms with Crippen LogP contribution in [0.2, 0.25) is 6.82 Å². The number of nitrogens with zero attached hydrogens (tertiary/aromatic N) is 1. The summed E-state index contributed by atoms with van der Waals surface area (Å²) in [5, 5.41) is 9.72. The lowest BCUT2D eigenvalue weighted by Gasteiger charge is -2.39. The molecule has 27 heavy (non-hydrogen) atoms. The van der Waals surface area contributed by atoms with Crippen molar-refractivity contribution in [2.24, 2.45) is 0 Å². The van der Waals surface area contributed by atoms with E-state index in [2.05, 4.69) is 11.8 Å². The molecular weight excluding hydrogens is 369 g/mol. The summed E-state index contributed by atoms with van der Waals surface area (Å²) in [6.07, 6.45) is 0.106. The zero-order valence-electron chi connectivity index (χ0n) is 15.8. The molecule has 0 aromatic heterocycles. The average molecular weight is 393 g/mol. The number of carbonyl (C=O) groups excluding carboxylic acids is 1. The molecule has 7 nitrogen and oxygen atoms in total. The monoisotopic (exact) mass is 393 g/mol. The number of sulfone groups is 1. The Balaban J connectivity index is 2.32. The number of esters is 1. The van der Waals surface area contributed by atoms with Crippen molar-refractivity contribution >= 4 is 22.9 Å². The lowest BCUT2D eigenvalue weighted by molar-refractivity contribution is -0.145. The lowest BCUT2D eigenvalue weighted by atomic mass is 9.80. The molecule has 0 radical (unpaired) electrons. The first kappa shape index (κ1) is 21.3.